The maximum Gasteiger partial charge on any atom is 0.134 e. The Bertz CT molecular complexity index is 102. The van der Waals surface area contributed by atoms with E-state index in [9.17, 15) is 4.79 Å². The van der Waals surface area contributed by atoms with Crippen molar-refractivity contribution in [1.29, 1.82) is 0 Å². The maximum absolute atomic E-state index is 10.7. The van der Waals surface area contributed by atoms with Gasteiger partial charge in [-0.05, 0) is 13.8 Å². The summed E-state index contributed by atoms with van der Waals surface area (Å²) >= 11 is 0. The van der Waals surface area contributed by atoms with Crippen molar-refractivity contribution in [2.45, 2.75) is 39.2 Å². The minimum Gasteiger partial charge on any atom is -0.325 e. The third-order valence-corrected chi connectivity index (χ3v) is 1.05. The molecule has 0 aliphatic rings. The molecule has 0 fully saturated rings. The van der Waals surface area contributed by atoms with E-state index >= 15 is 0 Å². The second-order valence-electron chi connectivity index (χ2n) is 3.06. The van der Waals surface area contributed by atoms with Crippen molar-refractivity contribution in [3.63, 3.8) is 0 Å². The van der Waals surface area contributed by atoms with E-state index in [2.05, 4.69) is 0 Å². The van der Waals surface area contributed by atoms with Crippen LogP contribution in [0.25, 0.3) is 0 Å². The van der Waals surface area contributed by atoms with Crippen LogP contribution < -0.4 is 5.73 Å². The third-order valence-electron chi connectivity index (χ3n) is 1.05. The fourth-order valence-electron chi connectivity index (χ4n) is 0.633. The van der Waals surface area contributed by atoms with E-state index in [1.165, 1.54) is 0 Å². The van der Waals surface area contributed by atoms with Gasteiger partial charge in [0.05, 0.1) is 0 Å². The zero-order valence-electron chi connectivity index (χ0n) is 6.40. The summed E-state index contributed by atoms with van der Waals surface area (Å²) in [6, 6.07) is 0. The first-order valence-corrected chi connectivity index (χ1v) is 3.26. The molecule has 0 atom stereocenters. The van der Waals surface area contributed by atoms with Crippen molar-refractivity contribution in [2.24, 2.45) is 5.73 Å². The first-order chi connectivity index (χ1) is 3.95. The van der Waals surface area contributed by atoms with E-state index < -0.39 is 0 Å². The van der Waals surface area contributed by atoms with Gasteiger partial charge in [-0.2, -0.15) is 0 Å². The van der Waals surface area contributed by atoms with Crippen molar-refractivity contribution in [2.75, 3.05) is 0 Å². The van der Waals surface area contributed by atoms with Crippen LogP contribution in [0.2, 0.25) is 0 Å². The van der Waals surface area contributed by atoms with Gasteiger partial charge >= 0.3 is 0 Å². The lowest BCUT2D eigenvalue weighted by atomic mass is 9.98. The zero-order valence-corrected chi connectivity index (χ0v) is 6.40. The summed E-state index contributed by atoms with van der Waals surface area (Å²) in [4.78, 5) is 10.7. The molecule has 0 aromatic rings. The number of ketones is 1. The molecule has 2 N–H and O–H groups in total. The second-order valence-corrected chi connectivity index (χ2v) is 3.06. The lowest BCUT2D eigenvalue weighted by Gasteiger charge is -2.15. The Balaban J connectivity index is 3.60. The van der Waals surface area contributed by atoms with Gasteiger partial charge in [0.2, 0.25) is 0 Å². The second kappa shape index (κ2) is 2.97. The molecule has 0 aliphatic heterocycles. The fourth-order valence-corrected chi connectivity index (χ4v) is 0.633. The molecule has 0 aliphatic carbocycles. The number of Topliss-reactive ketones (excluding diaryl/α,β-unsaturated/α-hetero) is 1. The van der Waals surface area contributed by atoms with E-state index in [0.29, 0.717) is 12.8 Å². The van der Waals surface area contributed by atoms with E-state index in [-0.39, 0.29) is 11.3 Å². The lowest BCUT2D eigenvalue weighted by Crippen LogP contribution is -2.34. The highest BCUT2D eigenvalue weighted by Gasteiger charge is 2.13. The fraction of sp³-hybridized carbons (Fsp3) is 0.857. The molecule has 9 heavy (non-hydrogen) atoms. The Morgan fingerprint density at radius 2 is 2.00 bits per heavy atom. The molecular formula is C7H15NO. The third kappa shape index (κ3) is 5.50. The van der Waals surface area contributed by atoms with Crippen molar-refractivity contribution >= 4 is 5.78 Å². The van der Waals surface area contributed by atoms with Crippen LogP contribution in [0.3, 0.4) is 0 Å². The molecule has 0 unspecified atom stereocenters. The normalized spacial score (nSPS) is 11.6. The van der Waals surface area contributed by atoms with Crippen molar-refractivity contribution in [1.82, 2.24) is 0 Å². The van der Waals surface area contributed by atoms with Gasteiger partial charge in [-0.1, -0.05) is 6.92 Å². The summed E-state index contributed by atoms with van der Waals surface area (Å²) in [5.41, 5.74) is 5.26. The average molecular weight is 129 g/mol. The first-order valence-electron chi connectivity index (χ1n) is 3.26. The van der Waals surface area contributed by atoms with Crippen LogP contribution in [0.1, 0.15) is 33.6 Å². The molecule has 0 saturated heterocycles. The van der Waals surface area contributed by atoms with E-state index in [1.807, 2.05) is 20.8 Å². The Morgan fingerprint density at radius 1 is 1.56 bits per heavy atom. The van der Waals surface area contributed by atoms with Gasteiger partial charge in [0.1, 0.15) is 5.78 Å². The van der Waals surface area contributed by atoms with Crippen LogP contribution in [0.4, 0.5) is 0 Å². The molecule has 0 heterocycles. The molecule has 0 aromatic carbocycles. The first kappa shape index (κ1) is 8.63. The number of rotatable bonds is 3. The van der Waals surface area contributed by atoms with Gasteiger partial charge in [0.25, 0.3) is 0 Å². The Labute approximate surface area is 56.4 Å². The SMILES string of the molecule is CCC(=O)CC(C)(C)N. The number of carbonyl (C=O) groups is 1. The molecule has 0 saturated carbocycles. The van der Waals surface area contributed by atoms with Gasteiger partial charge < -0.3 is 5.73 Å². The van der Waals surface area contributed by atoms with E-state index in [4.69, 9.17) is 5.73 Å². The van der Waals surface area contributed by atoms with Gasteiger partial charge in [0.15, 0.2) is 0 Å². The quantitative estimate of drug-likeness (QED) is 0.620. The van der Waals surface area contributed by atoms with Crippen molar-refractivity contribution in [3.8, 4) is 0 Å². The van der Waals surface area contributed by atoms with Crippen LogP contribution in [0.15, 0.2) is 0 Å². The number of hydrogen-bond acceptors (Lipinski definition) is 2. The molecule has 0 aromatic heterocycles. The molecule has 0 radical (unpaired) electrons. The van der Waals surface area contributed by atoms with Crippen molar-refractivity contribution < 1.29 is 4.79 Å². The monoisotopic (exact) mass is 129 g/mol. The zero-order chi connectivity index (χ0) is 7.49. The van der Waals surface area contributed by atoms with Crippen LogP contribution >= 0.6 is 0 Å². The molecule has 0 rings (SSSR count). The predicted molar refractivity (Wildman–Crippen MR) is 38.2 cm³/mol. The van der Waals surface area contributed by atoms with Crippen molar-refractivity contribution in [3.05, 3.63) is 0 Å². The van der Waals surface area contributed by atoms with Crippen LogP contribution in [-0.4, -0.2) is 11.3 Å². The average Bonchev–Trinajstić information content (AvgIpc) is 1.62. The highest BCUT2D eigenvalue weighted by molar-refractivity contribution is 5.79. The number of hydrogen-bond donors (Lipinski definition) is 1. The highest BCUT2D eigenvalue weighted by Crippen LogP contribution is 2.04. The lowest BCUT2D eigenvalue weighted by molar-refractivity contribution is -0.119. The Kier molecular flexibility index (Phi) is 2.85. The molecule has 0 bridgehead atoms. The molecular weight excluding hydrogens is 114 g/mol. The van der Waals surface area contributed by atoms with Gasteiger partial charge in [-0.3, -0.25) is 4.79 Å². The highest BCUT2D eigenvalue weighted by atomic mass is 16.1. The predicted octanol–water partition coefficient (Wildman–Crippen LogP) is 1.09. The minimum absolute atomic E-state index is 0.238. The summed E-state index contributed by atoms with van der Waals surface area (Å²) in [6.07, 6.45) is 1.09. The Morgan fingerprint density at radius 3 is 2.11 bits per heavy atom. The smallest absolute Gasteiger partial charge is 0.134 e. The van der Waals surface area contributed by atoms with Crippen LogP contribution in [-0.2, 0) is 4.79 Å². The van der Waals surface area contributed by atoms with Crippen LogP contribution in [0, 0.1) is 0 Å². The van der Waals surface area contributed by atoms with Crippen LogP contribution in [0.5, 0.6) is 0 Å². The largest absolute Gasteiger partial charge is 0.325 e. The maximum atomic E-state index is 10.7. The number of carbonyl (C=O) groups excluding carboxylic acids is 1. The summed E-state index contributed by atoms with van der Waals surface area (Å²) in [5, 5.41) is 0. The summed E-state index contributed by atoms with van der Waals surface area (Å²) in [5.74, 6) is 0.238. The molecule has 2 nitrogen and oxygen atoms in total. The minimum atomic E-state index is -0.326. The Hall–Kier alpha value is -0.370. The number of nitrogens with two attached hydrogens (primary N) is 1. The topological polar surface area (TPSA) is 43.1 Å². The summed E-state index contributed by atoms with van der Waals surface area (Å²) in [7, 11) is 0. The van der Waals surface area contributed by atoms with E-state index in [0.717, 1.165) is 0 Å². The molecule has 0 spiro atoms. The molecule has 54 valence electrons. The van der Waals surface area contributed by atoms with Gasteiger partial charge in [0, 0.05) is 18.4 Å². The summed E-state index contributed by atoms with van der Waals surface area (Å²) < 4.78 is 0. The van der Waals surface area contributed by atoms with Gasteiger partial charge in [-0.15, -0.1) is 0 Å². The standard InChI is InChI=1S/C7H15NO/c1-4-6(9)5-7(2,3)8/h4-5,8H2,1-3H3. The summed E-state index contributed by atoms with van der Waals surface area (Å²) in [6.45, 7) is 5.58. The van der Waals surface area contributed by atoms with E-state index in [1.54, 1.807) is 0 Å². The van der Waals surface area contributed by atoms with Gasteiger partial charge in [-0.25, -0.2) is 0 Å². The molecule has 0 amide bonds. The molecule has 2 heteroatoms.